The second-order valence-corrected chi connectivity index (χ2v) is 5.63. The number of rotatable bonds is 5. The average Bonchev–Trinajstić information content (AvgIpc) is 3.10. The smallest absolute Gasteiger partial charge is 0.314 e. The second-order valence-electron chi connectivity index (χ2n) is 5.63. The highest BCUT2D eigenvalue weighted by Crippen LogP contribution is 2.26. The van der Waals surface area contributed by atoms with Crippen molar-refractivity contribution in [2.24, 2.45) is 11.7 Å². The van der Waals surface area contributed by atoms with Crippen molar-refractivity contribution in [2.75, 3.05) is 13.1 Å². The molecule has 1 saturated carbocycles. The lowest BCUT2D eigenvalue weighted by molar-refractivity contribution is 0.147. The Morgan fingerprint density at radius 3 is 2.71 bits per heavy atom. The monoisotopic (exact) mass is 239 g/mol. The molecule has 17 heavy (non-hydrogen) atoms. The molecule has 2 fully saturated rings. The van der Waals surface area contributed by atoms with Gasteiger partial charge in [-0.05, 0) is 31.6 Å². The first kappa shape index (κ1) is 12.7. The fourth-order valence-corrected chi connectivity index (χ4v) is 2.79. The first-order valence-corrected chi connectivity index (χ1v) is 6.99. The zero-order chi connectivity index (χ0) is 12.3. The van der Waals surface area contributed by atoms with Crippen LogP contribution in [-0.4, -0.2) is 36.1 Å². The van der Waals surface area contributed by atoms with Crippen LogP contribution >= 0.6 is 0 Å². The Hall–Kier alpha value is -0.770. The van der Waals surface area contributed by atoms with Crippen molar-refractivity contribution in [1.82, 2.24) is 10.2 Å². The second kappa shape index (κ2) is 5.71. The third kappa shape index (κ3) is 3.87. The molecule has 2 aliphatic rings. The van der Waals surface area contributed by atoms with E-state index >= 15 is 0 Å². The number of nitrogens with two attached hydrogens (primary N) is 1. The third-order valence-electron chi connectivity index (χ3n) is 3.86. The Bertz CT molecular complexity index is 265. The van der Waals surface area contributed by atoms with E-state index in [9.17, 15) is 4.79 Å². The van der Waals surface area contributed by atoms with Crippen LogP contribution in [0.5, 0.6) is 0 Å². The molecular weight excluding hydrogens is 214 g/mol. The molecule has 1 saturated heterocycles. The van der Waals surface area contributed by atoms with Gasteiger partial charge in [0, 0.05) is 25.2 Å². The number of carbonyl (C=O) groups is 1. The molecule has 98 valence electrons. The van der Waals surface area contributed by atoms with E-state index in [-0.39, 0.29) is 6.03 Å². The van der Waals surface area contributed by atoms with Gasteiger partial charge in [0.1, 0.15) is 0 Å². The summed E-state index contributed by atoms with van der Waals surface area (Å²) in [5.41, 5.74) is 5.43. The molecule has 1 aliphatic heterocycles. The predicted octanol–water partition coefficient (Wildman–Crippen LogP) is 1.70. The van der Waals surface area contributed by atoms with Crippen molar-refractivity contribution >= 4 is 6.03 Å². The van der Waals surface area contributed by atoms with Crippen LogP contribution in [-0.2, 0) is 0 Å². The zero-order valence-corrected chi connectivity index (χ0v) is 10.8. The normalized spacial score (nSPS) is 29.4. The van der Waals surface area contributed by atoms with Gasteiger partial charge < -0.3 is 16.0 Å². The number of unbranched alkanes of at least 4 members (excludes halogenated alkanes) is 1. The van der Waals surface area contributed by atoms with Crippen molar-refractivity contribution in [1.29, 1.82) is 0 Å². The van der Waals surface area contributed by atoms with Crippen LogP contribution < -0.4 is 11.1 Å². The summed E-state index contributed by atoms with van der Waals surface area (Å²) in [5, 5.41) is 3.63. The predicted molar refractivity (Wildman–Crippen MR) is 68.7 cm³/mol. The van der Waals surface area contributed by atoms with Gasteiger partial charge >= 0.3 is 6.03 Å². The van der Waals surface area contributed by atoms with Gasteiger partial charge in [-0.3, -0.25) is 0 Å². The first-order valence-electron chi connectivity index (χ1n) is 6.99. The van der Waals surface area contributed by atoms with E-state index in [1.165, 1.54) is 38.5 Å². The number of hydrogen-bond acceptors (Lipinski definition) is 2. The zero-order valence-electron chi connectivity index (χ0n) is 10.8. The number of piperidine rings is 1. The molecule has 1 aliphatic carbocycles. The summed E-state index contributed by atoms with van der Waals surface area (Å²) >= 11 is 0. The molecule has 2 rings (SSSR count). The number of nitrogens with one attached hydrogen (secondary N) is 1. The van der Waals surface area contributed by atoms with Crippen molar-refractivity contribution in [3.05, 3.63) is 0 Å². The van der Waals surface area contributed by atoms with E-state index < -0.39 is 0 Å². The number of carbonyl (C=O) groups excluding carboxylic acids is 1. The highest BCUT2D eigenvalue weighted by atomic mass is 16.2. The molecule has 3 N–H and O–H groups in total. The summed E-state index contributed by atoms with van der Waals surface area (Å²) in [7, 11) is 0. The van der Waals surface area contributed by atoms with Crippen LogP contribution in [0.4, 0.5) is 4.79 Å². The van der Waals surface area contributed by atoms with Gasteiger partial charge in [0.25, 0.3) is 0 Å². The molecule has 2 amide bonds. The first-order chi connectivity index (χ1) is 8.19. The standard InChI is InChI=1S/C13H25N3O/c1-2-3-4-10-7-12(15-11-5-6-11)9-16(8-10)13(14)17/h10-12,15H,2-9H2,1H3,(H2,14,17). The Labute approximate surface area is 104 Å². The van der Waals surface area contributed by atoms with Crippen LogP contribution in [0.25, 0.3) is 0 Å². The SMILES string of the molecule is CCCCC1CC(NC2CC2)CN(C(N)=O)C1. The molecule has 0 aromatic heterocycles. The van der Waals surface area contributed by atoms with E-state index in [1.54, 1.807) is 0 Å². The highest BCUT2D eigenvalue weighted by Gasteiger charge is 2.32. The summed E-state index contributed by atoms with van der Waals surface area (Å²) in [6, 6.07) is 0.916. The molecular formula is C13H25N3O. The van der Waals surface area contributed by atoms with Crippen LogP contribution in [0.3, 0.4) is 0 Å². The molecule has 2 unspecified atom stereocenters. The average molecular weight is 239 g/mol. The number of primary amides is 1. The Morgan fingerprint density at radius 1 is 1.35 bits per heavy atom. The van der Waals surface area contributed by atoms with E-state index in [4.69, 9.17) is 5.73 Å². The molecule has 0 aromatic carbocycles. The number of likely N-dealkylation sites (tertiary alicyclic amines) is 1. The van der Waals surface area contributed by atoms with Crippen LogP contribution in [0.15, 0.2) is 0 Å². The van der Waals surface area contributed by atoms with Crippen molar-refractivity contribution < 1.29 is 4.79 Å². The lowest BCUT2D eigenvalue weighted by Gasteiger charge is -2.37. The third-order valence-corrected chi connectivity index (χ3v) is 3.86. The Kier molecular flexibility index (Phi) is 4.26. The van der Waals surface area contributed by atoms with Gasteiger partial charge in [0.2, 0.25) is 0 Å². The minimum Gasteiger partial charge on any atom is -0.351 e. The molecule has 2 atom stereocenters. The van der Waals surface area contributed by atoms with Crippen molar-refractivity contribution in [2.45, 2.75) is 57.5 Å². The molecule has 0 bridgehead atoms. The molecule has 0 radical (unpaired) electrons. The summed E-state index contributed by atoms with van der Waals surface area (Å²) < 4.78 is 0. The molecule has 4 heteroatoms. The molecule has 4 nitrogen and oxygen atoms in total. The number of nitrogens with zero attached hydrogens (tertiary/aromatic N) is 1. The molecule has 0 spiro atoms. The summed E-state index contributed by atoms with van der Waals surface area (Å²) in [6.07, 6.45) is 7.52. The topological polar surface area (TPSA) is 58.4 Å². The van der Waals surface area contributed by atoms with E-state index in [0.29, 0.717) is 18.0 Å². The van der Waals surface area contributed by atoms with Crippen LogP contribution in [0.2, 0.25) is 0 Å². The maximum atomic E-state index is 11.3. The van der Waals surface area contributed by atoms with Crippen molar-refractivity contribution in [3.63, 3.8) is 0 Å². The Balaban J connectivity index is 1.86. The number of urea groups is 1. The molecule has 0 aromatic rings. The van der Waals surface area contributed by atoms with Gasteiger partial charge in [0.15, 0.2) is 0 Å². The van der Waals surface area contributed by atoms with E-state index in [2.05, 4.69) is 12.2 Å². The minimum absolute atomic E-state index is 0.256. The number of hydrogen-bond donors (Lipinski definition) is 2. The van der Waals surface area contributed by atoms with E-state index in [0.717, 1.165) is 13.1 Å². The summed E-state index contributed by atoms with van der Waals surface area (Å²) in [5.74, 6) is 0.632. The van der Waals surface area contributed by atoms with Gasteiger partial charge in [-0.1, -0.05) is 19.8 Å². The van der Waals surface area contributed by atoms with Gasteiger partial charge in [-0.25, -0.2) is 4.79 Å². The largest absolute Gasteiger partial charge is 0.351 e. The van der Waals surface area contributed by atoms with Crippen LogP contribution in [0, 0.1) is 5.92 Å². The lowest BCUT2D eigenvalue weighted by atomic mass is 9.90. The number of amides is 2. The Morgan fingerprint density at radius 2 is 2.12 bits per heavy atom. The summed E-state index contributed by atoms with van der Waals surface area (Å²) in [4.78, 5) is 13.2. The van der Waals surface area contributed by atoms with E-state index in [1.807, 2.05) is 4.90 Å². The fourth-order valence-electron chi connectivity index (χ4n) is 2.79. The minimum atomic E-state index is -0.256. The van der Waals surface area contributed by atoms with Gasteiger partial charge in [-0.15, -0.1) is 0 Å². The van der Waals surface area contributed by atoms with Crippen molar-refractivity contribution in [3.8, 4) is 0 Å². The lowest BCUT2D eigenvalue weighted by Crippen LogP contribution is -2.53. The van der Waals surface area contributed by atoms with Gasteiger partial charge in [-0.2, -0.15) is 0 Å². The quantitative estimate of drug-likeness (QED) is 0.767. The van der Waals surface area contributed by atoms with Crippen LogP contribution in [0.1, 0.15) is 45.4 Å². The highest BCUT2D eigenvalue weighted by molar-refractivity contribution is 5.72. The fraction of sp³-hybridized carbons (Fsp3) is 0.923. The molecule has 1 heterocycles. The summed E-state index contributed by atoms with van der Waals surface area (Å²) in [6.45, 7) is 3.88. The maximum Gasteiger partial charge on any atom is 0.314 e. The maximum absolute atomic E-state index is 11.3. The van der Waals surface area contributed by atoms with Gasteiger partial charge in [0.05, 0.1) is 0 Å².